The molecular formula is C17H25BrO. The molecule has 106 valence electrons. The first-order valence-electron chi connectivity index (χ1n) is 7.56. The molecule has 0 atom stereocenters. The third kappa shape index (κ3) is 4.24. The second-order valence-corrected chi connectivity index (χ2v) is 6.40. The Morgan fingerprint density at radius 2 is 1.89 bits per heavy atom. The van der Waals surface area contributed by atoms with Gasteiger partial charge in [0.25, 0.3) is 0 Å². The van der Waals surface area contributed by atoms with Gasteiger partial charge in [-0.05, 0) is 37.0 Å². The van der Waals surface area contributed by atoms with Crippen LogP contribution in [0.4, 0.5) is 0 Å². The van der Waals surface area contributed by atoms with Gasteiger partial charge in [0.2, 0.25) is 0 Å². The van der Waals surface area contributed by atoms with Crippen LogP contribution in [-0.2, 0) is 6.42 Å². The van der Waals surface area contributed by atoms with Gasteiger partial charge in [-0.15, -0.1) is 0 Å². The molecule has 0 N–H and O–H groups in total. The summed E-state index contributed by atoms with van der Waals surface area (Å²) in [6.45, 7) is 3.04. The largest absolute Gasteiger partial charge is 0.493 e. The fraction of sp³-hybridized carbons (Fsp3) is 0.647. The van der Waals surface area contributed by atoms with Crippen molar-refractivity contribution in [3.05, 3.63) is 29.8 Å². The van der Waals surface area contributed by atoms with Gasteiger partial charge in [0.05, 0.1) is 6.61 Å². The predicted octanol–water partition coefficient (Wildman–Crippen LogP) is 5.36. The Kier molecular flexibility index (Phi) is 5.75. The van der Waals surface area contributed by atoms with Gasteiger partial charge in [-0.3, -0.25) is 0 Å². The summed E-state index contributed by atoms with van der Waals surface area (Å²) in [5.41, 5.74) is 1.70. The molecule has 1 aromatic carbocycles. The normalized spacial score (nSPS) is 18.8. The Balaban J connectivity index is 1.98. The van der Waals surface area contributed by atoms with Gasteiger partial charge in [0.15, 0.2) is 0 Å². The molecule has 2 heteroatoms. The van der Waals surface area contributed by atoms with Crippen LogP contribution in [0.3, 0.4) is 0 Å². The number of aryl methyl sites for hydroxylation is 1. The quantitative estimate of drug-likeness (QED) is 0.523. The summed E-state index contributed by atoms with van der Waals surface area (Å²) in [6, 6.07) is 8.53. The Hall–Kier alpha value is -0.500. The van der Waals surface area contributed by atoms with E-state index in [-0.39, 0.29) is 0 Å². The molecule has 0 aliphatic heterocycles. The molecule has 2 rings (SSSR count). The van der Waals surface area contributed by atoms with Crippen molar-refractivity contribution in [2.24, 2.45) is 5.41 Å². The monoisotopic (exact) mass is 324 g/mol. The van der Waals surface area contributed by atoms with Crippen molar-refractivity contribution >= 4 is 15.9 Å². The Bertz CT molecular complexity index is 381. The van der Waals surface area contributed by atoms with Crippen LogP contribution in [-0.4, -0.2) is 11.9 Å². The van der Waals surface area contributed by atoms with Gasteiger partial charge < -0.3 is 4.74 Å². The van der Waals surface area contributed by atoms with Crippen molar-refractivity contribution < 1.29 is 4.74 Å². The highest BCUT2D eigenvalue weighted by atomic mass is 79.9. The number of hydrogen-bond acceptors (Lipinski definition) is 1. The minimum Gasteiger partial charge on any atom is -0.493 e. The maximum atomic E-state index is 6.11. The van der Waals surface area contributed by atoms with Crippen LogP contribution in [0.5, 0.6) is 5.75 Å². The van der Waals surface area contributed by atoms with Crippen molar-refractivity contribution in [2.45, 2.75) is 51.9 Å². The lowest BCUT2D eigenvalue weighted by molar-refractivity contribution is 0.149. The molecule has 0 spiro atoms. The van der Waals surface area contributed by atoms with E-state index in [1.165, 1.54) is 44.1 Å². The molecule has 0 amide bonds. The molecule has 1 saturated carbocycles. The second kappa shape index (κ2) is 7.33. The molecule has 1 nitrogen and oxygen atoms in total. The van der Waals surface area contributed by atoms with E-state index in [0.29, 0.717) is 5.41 Å². The first-order valence-corrected chi connectivity index (χ1v) is 8.68. The maximum absolute atomic E-state index is 6.11. The molecule has 19 heavy (non-hydrogen) atoms. The molecule has 1 aromatic rings. The predicted molar refractivity (Wildman–Crippen MR) is 85.2 cm³/mol. The summed E-state index contributed by atoms with van der Waals surface area (Å²) in [5.74, 6) is 1.03. The lowest BCUT2D eigenvalue weighted by Gasteiger charge is -2.30. The lowest BCUT2D eigenvalue weighted by atomic mass is 9.83. The molecule has 1 aliphatic carbocycles. The SMILES string of the molecule is CCc1cccc(OCC2(CBr)CCCCCC2)c1. The molecule has 0 bridgehead atoms. The number of alkyl halides is 1. The number of rotatable bonds is 5. The van der Waals surface area contributed by atoms with E-state index in [0.717, 1.165) is 24.1 Å². The topological polar surface area (TPSA) is 9.23 Å². The zero-order valence-corrected chi connectivity index (χ0v) is 13.5. The molecule has 0 saturated heterocycles. The van der Waals surface area contributed by atoms with E-state index in [4.69, 9.17) is 4.74 Å². The van der Waals surface area contributed by atoms with Crippen LogP contribution >= 0.6 is 15.9 Å². The highest BCUT2D eigenvalue weighted by Gasteiger charge is 2.30. The number of halogens is 1. The van der Waals surface area contributed by atoms with E-state index in [1.54, 1.807) is 0 Å². The number of hydrogen-bond donors (Lipinski definition) is 0. The van der Waals surface area contributed by atoms with E-state index in [2.05, 4.69) is 47.1 Å². The second-order valence-electron chi connectivity index (χ2n) is 5.84. The average Bonchev–Trinajstić information content (AvgIpc) is 2.71. The minimum absolute atomic E-state index is 0.346. The van der Waals surface area contributed by atoms with Crippen molar-refractivity contribution in [3.63, 3.8) is 0 Å². The van der Waals surface area contributed by atoms with Gasteiger partial charge in [0, 0.05) is 10.7 Å². The fourth-order valence-corrected chi connectivity index (χ4v) is 3.61. The zero-order valence-electron chi connectivity index (χ0n) is 12.0. The summed E-state index contributed by atoms with van der Waals surface area (Å²) in [7, 11) is 0. The molecule has 1 aliphatic rings. The highest BCUT2D eigenvalue weighted by molar-refractivity contribution is 9.09. The van der Waals surface area contributed by atoms with E-state index >= 15 is 0 Å². The first kappa shape index (κ1) is 14.9. The fourth-order valence-electron chi connectivity index (χ4n) is 2.89. The molecule has 1 fully saturated rings. The minimum atomic E-state index is 0.346. The maximum Gasteiger partial charge on any atom is 0.119 e. The van der Waals surface area contributed by atoms with Crippen molar-refractivity contribution in [3.8, 4) is 5.75 Å². The van der Waals surface area contributed by atoms with E-state index in [9.17, 15) is 0 Å². The third-order valence-corrected chi connectivity index (χ3v) is 5.49. The van der Waals surface area contributed by atoms with Crippen LogP contribution in [0.2, 0.25) is 0 Å². The molecular weight excluding hydrogens is 300 g/mol. The summed E-state index contributed by atoms with van der Waals surface area (Å²) in [5, 5.41) is 1.06. The molecule has 0 unspecified atom stereocenters. The standard InChI is InChI=1S/C17H25BrO/c1-2-15-8-7-9-16(12-15)19-14-17(13-18)10-5-3-4-6-11-17/h7-9,12H,2-6,10-11,13-14H2,1H3. The van der Waals surface area contributed by atoms with Crippen molar-refractivity contribution in [1.29, 1.82) is 0 Å². The number of benzene rings is 1. The molecule has 0 heterocycles. The third-order valence-electron chi connectivity index (χ3n) is 4.30. The van der Waals surface area contributed by atoms with Gasteiger partial charge in [0.1, 0.15) is 5.75 Å². The lowest BCUT2D eigenvalue weighted by Crippen LogP contribution is -2.30. The Labute approximate surface area is 125 Å². The highest BCUT2D eigenvalue weighted by Crippen LogP contribution is 2.37. The van der Waals surface area contributed by atoms with Crippen LogP contribution < -0.4 is 4.74 Å². The molecule has 0 radical (unpaired) electrons. The first-order chi connectivity index (χ1) is 9.28. The van der Waals surface area contributed by atoms with E-state index < -0.39 is 0 Å². The Morgan fingerprint density at radius 3 is 2.53 bits per heavy atom. The van der Waals surface area contributed by atoms with Crippen LogP contribution in [0, 0.1) is 5.41 Å². The van der Waals surface area contributed by atoms with Gasteiger partial charge >= 0.3 is 0 Å². The summed E-state index contributed by atoms with van der Waals surface area (Å²) < 4.78 is 6.11. The summed E-state index contributed by atoms with van der Waals surface area (Å²) in [4.78, 5) is 0. The van der Waals surface area contributed by atoms with Gasteiger partial charge in [-0.25, -0.2) is 0 Å². The average molecular weight is 325 g/mol. The van der Waals surface area contributed by atoms with E-state index in [1.807, 2.05) is 0 Å². The molecule has 0 aromatic heterocycles. The van der Waals surface area contributed by atoms with Crippen LogP contribution in [0.1, 0.15) is 51.0 Å². The van der Waals surface area contributed by atoms with Crippen LogP contribution in [0.25, 0.3) is 0 Å². The Morgan fingerprint density at radius 1 is 1.16 bits per heavy atom. The zero-order chi connectivity index (χ0) is 13.6. The van der Waals surface area contributed by atoms with Gasteiger partial charge in [-0.2, -0.15) is 0 Å². The van der Waals surface area contributed by atoms with Crippen molar-refractivity contribution in [2.75, 3.05) is 11.9 Å². The smallest absolute Gasteiger partial charge is 0.119 e. The summed E-state index contributed by atoms with van der Waals surface area (Å²) in [6.07, 6.45) is 9.15. The van der Waals surface area contributed by atoms with Crippen molar-refractivity contribution in [1.82, 2.24) is 0 Å². The summed E-state index contributed by atoms with van der Waals surface area (Å²) >= 11 is 3.72. The van der Waals surface area contributed by atoms with Crippen LogP contribution in [0.15, 0.2) is 24.3 Å². The number of ether oxygens (including phenoxy) is 1. The van der Waals surface area contributed by atoms with Gasteiger partial charge in [-0.1, -0.05) is 60.7 Å².